The fourth-order valence-electron chi connectivity index (χ4n) is 1.03. The van der Waals surface area contributed by atoms with Gasteiger partial charge in [-0.15, -0.1) is 0 Å². The molecule has 4 nitrogen and oxygen atoms in total. The Bertz CT molecular complexity index is 458. The van der Waals surface area contributed by atoms with Gasteiger partial charge in [0.15, 0.2) is 0 Å². The van der Waals surface area contributed by atoms with Crippen molar-refractivity contribution in [3.05, 3.63) is 28.8 Å². The Kier molecular flexibility index (Phi) is 3.80. The van der Waals surface area contributed by atoms with Gasteiger partial charge in [-0.05, 0) is 13.0 Å². The molecule has 0 radical (unpaired) electrons. The zero-order valence-electron chi connectivity index (χ0n) is 8.74. The maximum atomic E-state index is 12.9. The first kappa shape index (κ1) is 12.4. The largest absolute Gasteiger partial charge is 0.326 e. The molecular weight excluding hydrogens is 233 g/mol. The second kappa shape index (κ2) is 4.90. The Balaban J connectivity index is 3.06. The first-order chi connectivity index (χ1) is 7.47. The fourth-order valence-corrected chi connectivity index (χ4v) is 1.21. The highest BCUT2D eigenvalue weighted by atomic mass is 35.5. The highest BCUT2D eigenvalue weighted by Crippen LogP contribution is 2.16. The van der Waals surface area contributed by atoms with Crippen LogP contribution in [0, 0.1) is 17.1 Å². The number of aromatic nitrogens is 1. The van der Waals surface area contributed by atoms with Crippen LogP contribution >= 0.6 is 11.6 Å². The average molecular weight is 242 g/mol. The number of nitriles is 1. The van der Waals surface area contributed by atoms with E-state index in [1.54, 1.807) is 6.92 Å². The summed E-state index contributed by atoms with van der Waals surface area (Å²) >= 11 is 5.67. The molecule has 1 unspecified atom stereocenters. The lowest BCUT2D eigenvalue weighted by Crippen LogP contribution is -2.34. The van der Waals surface area contributed by atoms with Crippen LogP contribution < -0.4 is 0 Å². The Morgan fingerprint density at radius 3 is 2.94 bits per heavy atom. The van der Waals surface area contributed by atoms with Crippen LogP contribution in [0.25, 0.3) is 0 Å². The standard InChI is InChI=1S/C10H9ClFN3O/c1-6(4-13)15(2)10(16)8-3-7(12)5-14-9(8)11/h3,5-6H,1-2H3. The molecule has 0 aliphatic rings. The third kappa shape index (κ3) is 2.47. The minimum atomic E-state index is -0.647. The Hall–Kier alpha value is -1.67. The summed E-state index contributed by atoms with van der Waals surface area (Å²) in [5, 5.41) is 8.58. The molecule has 1 atom stereocenters. The van der Waals surface area contributed by atoms with Crippen LogP contribution in [0.2, 0.25) is 5.15 Å². The Morgan fingerprint density at radius 2 is 2.38 bits per heavy atom. The SMILES string of the molecule is CC(C#N)N(C)C(=O)c1cc(F)cnc1Cl. The third-order valence-corrected chi connectivity index (χ3v) is 2.43. The van der Waals surface area contributed by atoms with Crippen LogP contribution in [0.4, 0.5) is 4.39 Å². The lowest BCUT2D eigenvalue weighted by atomic mass is 10.2. The zero-order chi connectivity index (χ0) is 12.3. The quantitative estimate of drug-likeness (QED) is 0.743. The van der Waals surface area contributed by atoms with Crippen molar-refractivity contribution in [2.75, 3.05) is 7.05 Å². The maximum Gasteiger partial charge on any atom is 0.257 e. The van der Waals surface area contributed by atoms with Crippen molar-refractivity contribution >= 4 is 17.5 Å². The van der Waals surface area contributed by atoms with E-state index >= 15 is 0 Å². The second-order valence-electron chi connectivity index (χ2n) is 3.21. The molecule has 0 spiro atoms. The number of rotatable bonds is 2. The molecular formula is C10H9ClFN3O. The minimum Gasteiger partial charge on any atom is -0.326 e. The van der Waals surface area contributed by atoms with E-state index in [2.05, 4.69) is 4.98 Å². The van der Waals surface area contributed by atoms with E-state index in [-0.39, 0.29) is 10.7 Å². The number of nitrogens with zero attached hydrogens (tertiary/aromatic N) is 3. The molecule has 0 aliphatic heterocycles. The van der Waals surface area contributed by atoms with E-state index in [4.69, 9.17) is 16.9 Å². The van der Waals surface area contributed by atoms with Crippen LogP contribution in [0.1, 0.15) is 17.3 Å². The van der Waals surface area contributed by atoms with Gasteiger partial charge in [0.05, 0.1) is 17.8 Å². The molecule has 0 saturated heterocycles. The maximum absolute atomic E-state index is 12.9. The molecule has 6 heteroatoms. The van der Waals surface area contributed by atoms with Crippen molar-refractivity contribution < 1.29 is 9.18 Å². The monoisotopic (exact) mass is 241 g/mol. The van der Waals surface area contributed by atoms with Crippen molar-refractivity contribution in [3.8, 4) is 6.07 Å². The van der Waals surface area contributed by atoms with E-state index in [0.717, 1.165) is 12.3 Å². The van der Waals surface area contributed by atoms with Gasteiger partial charge < -0.3 is 4.90 Å². The van der Waals surface area contributed by atoms with E-state index < -0.39 is 17.8 Å². The predicted molar refractivity (Wildman–Crippen MR) is 56.4 cm³/mol. The zero-order valence-corrected chi connectivity index (χ0v) is 9.49. The van der Waals surface area contributed by atoms with Gasteiger partial charge in [0.1, 0.15) is 17.0 Å². The molecule has 84 valence electrons. The highest BCUT2D eigenvalue weighted by molar-refractivity contribution is 6.32. The molecule has 1 amide bonds. The van der Waals surface area contributed by atoms with E-state index in [1.807, 2.05) is 6.07 Å². The first-order valence-corrected chi connectivity index (χ1v) is 4.83. The molecule has 0 saturated carbocycles. The van der Waals surface area contributed by atoms with Gasteiger partial charge in [0, 0.05) is 7.05 Å². The van der Waals surface area contributed by atoms with E-state index in [1.165, 1.54) is 11.9 Å². The van der Waals surface area contributed by atoms with Crippen LogP contribution in [0.15, 0.2) is 12.3 Å². The number of carbonyl (C=O) groups is 1. The predicted octanol–water partition coefficient (Wildman–Crippen LogP) is 1.86. The van der Waals surface area contributed by atoms with Crippen LogP contribution in [0.5, 0.6) is 0 Å². The molecule has 1 aromatic heterocycles. The molecule has 1 rings (SSSR count). The van der Waals surface area contributed by atoms with Gasteiger partial charge in [-0.2, -0.15) is 5.26 Å². The Labute approximate surface area is 97.3 Å². The van der Waals surface area contributed by atoms with Gasteiger partial charge in [0.2, 0.25) is 0 Å². The average Bonchev–Trinajstić information content (AvgIpc) is 2.29. The van der Waals surface area contributed by atoms with Crippen LogP contribution in [-0.4, -0.2) is 28.9 Å². The molecule has 0 fully saturated rings. The number of pyridine rings is 1. The summed E-state index contributed by atoms with van der Waals surface area (Å²) in [6.45, 7) is 1.55. The first-order valence-electron chi connectivity index (χ1n) is 4.45. The number of amides is 1. The lowest BCUT2D eigenvalue weighted by molar-refractivity contribution is 0.0772. The van der Waals surface area contributed by atoms with Crippen molar-refractivity contribution in [1.82, 2.24) is 9.88 Å². The number of hydrogen-bond donors (Lipinski definition) is 0. The molecule has 0 bridgehead atoms. The summed E-state index contributed by atoms with van der Waals surface area (Å²) in [6, 6.07) is 2.28. The van der Waals surface area contributed by atoms with Gasteiger partial charge in [0.25, 0.3) is 5.91 Å². The number of hydrogen-bond acceptors (Lipinski definition) is 3. The topological polar surface area (TPSA) is 57.0 Å². The summed E-state index contributed by atoms with van der Waals surface area (Å²) in [5.74, 6) is -1.18. The van der Waals surface area contributed by atoms with Crippen molar-refractivity contribution in [3.63, 3.8) is 0 Å². The minimum absolute atomic E-state index is 0.0498. The smallest absolute Gasteiger partial charge is 0.257 e. The van der Waals surface area contributed by atoms with Crippen molar-refractivity contribution in [2.24, 2.45) is 0 Å². The van der Waals surface area contributed by atoms with Gasteiger partial charge in [-0.1, -0.05) is 11.6 Å². The third-order valence-electron chi connectivity index (χ3n) is 2.12. The second-order valence-corrected chi connectivity index (χ2v) is 3.57. The summed E-state index contributed by atoms with van der Waals surface area (Å²) in [4.78, 5) is 16.5. The number of halogens is 2. The summed E-state index contributed by atoms with van der Waals surface area (Å²) < 4.78 is 12.9. The van der Waals surface area contributed by atoms with E-state index in [9.17, 15) is 9.18 Å². The molecule has 0 aliphatic carbocycles. The fraction of sp³-hybridized carbons (Fsp3) is 0.300. The summed E-state index contributed by atoms with van der Waals surface area (Å²) in [5.41, 5.74) is -0.0498. The molecule has 1 heterocycles. The van der Waals surface area contributed by atoms with Crippen LogP contribution in [0.3, 0.4) is 0 Å². The molecule has 0 aromatic carbocycles. The van der Waals surface area contributed by atoms with Crippen molar-refractivity contribution in [2.45, 2.75) is 13.0 Å². The van der Waals surface area contributed by atoms with Gasteiger partial charge in [-0.25, -0.2) is 9.37 Å². The molecule has 16 heavy (non-hydrogen) atoms. The van der Waals surface area contributed by atoms with Gasteiger partial charge >= 0.3 is 0 Å². The van der Waals surface area contributed by atoms with Gasteiger partial charge in [-0.3, -0.25) is 4.79 Å². The van der Waals surface area contributed by atoms with E-state index in [0.29, 0.717) is 0 Å². The summed E-state index contributed by atoms with van der Waals surface area (Å²) in [6.07, 6.45) is 0.923. The Morgan fingerprint density at radius 1 is 1.75 bits per heavy atom. The summed E-state index contributed by atoms with van der Waals surface area (Å²) in [7, 11) is 1.44. The highest BCUT2D eigenvalue weighted by Gasteiger charge is 2.20. The molecule has 0 N–H and O–H groups in total. The van der Waals surface area contributed by atoms with Crippen molar-refractivity contribution in [1.29, 1.82) is 5.26 Å². The molecule has 1 aromatic rings. The van der Waals surface area contributed by atoms with Crippen LogP contribution in [-0.2, 0) is 0 Å². The number of carbonyl (C=O) groups excluding carboxylic acids is 1. The lowest BCUT2D eigenvalue weighted by Gasteiger charge is -2.19. The normalized spacial score (nSPS) is 11.7.